The third-order valence-corrected chi connectivity index (χ3v) is 4.12. The molecule has 0 saturated carbocycles. The van der Waals surface area contributed by atoms with Gasteiger partial charge in [0.05, 0.1) is 12.2 Å². The molecule has 16 heavy (non-hydrogen) atoms. The van der Waals surface area contributed by atoms with Gasteiger partial charge in [-0.15, -0.1) is 11.8 Å². The number of rotatable bonds is 4. The minimum absolute atomic E-state index is 0.0145. The average molecular weight is 235 g/mol. The van der Waals surface area contributed by atoms with Crippen molar-refractivity contribution in [2.45, 2.75) is 37.5 Å². The highest BCUT2D eigenvalue weighted by atomic mass is 32.2. The summed E-state index contributed by atoms with van der Waals surface area (Å²) >= 11 is 1.72. The van der Waals surface area contributed by atoms with Gasteiger partial charge in [0.15, 0.2) is 0 Å². The zero-order valence-corrected chi connectivity index (χ0v) is 10.7. The van der Waals surface area contributed by atoms with Crippen LogP contribution in [-0.4, -0.2) is 10.4 Å². The van der Waals surface area contributed by atoms with Crippen LogP contribution in [0, 0.1) is 17.2 Å². The minimum Gasteiger partial charge on any atom is -0.392 e. The van der Waals surface area contributed by atoms with Gasteiger partial charge < -0.3 is 5.11 Å². The predicted octanol–water partition coefficient (Wildman–Crippen LogP) is 3.19. The molecule has 1 unspecified atom stereocenters. The second kappa shape index (κ2) is 5.93. The van der Waals surface area contributed by atoms with Gasteiger partial charge >= 0.3 is 0 Å². The van der Waals surface area contributed by atoms with Crippen molar-refractivity contribution in [3.63, 3.8) is 0 Å². The maximum Gasteiger partial charge on any atom is 0.100 e. The minimum atomic E-state index is -0.0145. The lowest BCUT2D eigenvalue weighted by Crippen LogP contribution is -2.05. The highest BCUT2D eigenvalue weighted by Crippen LogP contribution is 2.30. The van der Waals surface area contributed by atoms with Crippen molar-refractivity contribution in [1.29, 1.82) is 5.26 Å². The summed E-state index contributed by atoms with van der Waals surface area (Å²) in [6.45, 7) is 6.49. The predicted molar refractivity (Wildman–Crippen MR) is 67.2 cm³/mol. The van der Waals surface area contributed by atoms with Crippen LogP contribution in [0.25, 0.3) is 0 Å². The Morgan fingerprint density at radius 1 is 1.38 bits per heavy atom. The highest BCUT2D eigenvalue weighted by Gasteiger charge is 2.12. The third-order valence-electron chi connectivity index (χ3n) is 2.60. The Kier molecular flexibility index (Phi) is 4.85. The molecular weight excluding hydrogens is 218 g/mol. The lowest BCUT2D eigenvalue weighted by Gasteiger charge is -2.15. The molecule has 0 radical (unpaired) electrons. The molecule has 0 aromatic heterocycles. The van der Waals surface area contributed by atoms with Crippen molar-refractivity contribution < 1.29 is 5.11 Å². The molecule has 0 bridgehead atoms. The highest BCUT2D eigenvalue weighted by molar-refractivity contribution is 8.00. The zero-order valence-electron chi connectivity index (χ0n) is 9.90. The van der Waals surface area contributed by atoms with Gasteiger partial charge in [-0.1, -0.05) is 26.8 Å². The summed E-state index contributed by atoms with van der Waals surface area (Å²) in [6, 6.07) is 7.74. The first-order valence-corrected chi connectivity index (χ1v) is 6.27. The van der Waals surface area contributed by atoms with Crippen LogP contribution in [0.2, 0.25) is 0 Å². The normalized spacial score (nSPS) is 12.5. The second-order valence-corrected chi connectivity index (χ2v) is 5.59. The largest absolute Gasteiger partial charge is 0.392 e. The maximum atomic E-state index is 9.04. The molecule has 0 fully saturated rings. The van der Waals surface area contributed by atoms with Gasteiger partial charge in [-0.2, -0.15) is 5.26 Å². The number of nitrogens with zero attached hydrogens (tertiary/aromatic N) is 1. The van der Waals surface area contributed by atoms with E-state index in [1.807, 2.05) is 12.1 Å². The van der Waals surface area contributed by atoms with Gasteiger partial charge in [-0.25, -0.2) is 0 Å². The van der Waals surface area contributed by atoms with E-state index in [1.54, 1.807) is 17.8 Å². The van der Waals surface area contributed by atoms with Gasteiger partial charge in [0.1, 0.15) is 6.07 Å². The summed E-state index contributed by atoms with van der Waals surface area (Å²) in [4.78, 5) is 1.00. The van der Waals surface area contributed by atoms with Crippen LogP contribution in [0.3, 0.4) is 0 Å². The van der Waals surface area contributed by atoms with E-state index < -0.39 is 0 Å². The van der Waals surface area contributed by atoms with Crippen molar-refractivity contribution in [2.24, 2.45) is 5.92 Å². The van der Waals surface area contributed by atoms with Gasteiger partial charge in [0.25, 0.3) is 0 Å². The van der Waals surface area contributed by atoms with Gasteiger partial charge in [-0.05, 0) is 23.6 Å². The maximum absolute atomic E-state index is 9.04. The van der Waals surface area contributed by atoms with Crippen LogP contribution in [-0.2, 0) is 6.61 Å². The molecule has 1 aromatic carbocycles. The average Bonchev–Trinajstić information content (AvgIpc) is 2.29. The fraction of sp³-hybridized carbons (Fsp3) is 0.462. The molecule has 0 aliphatic carbocycles. The molecule has 1 rings (SSSR count). The van der Waals surface area contributed by atoms with E-state index in [9.17, 15) is 0 Å². The van der Waals surface area contributed by atoms with Crippen molar-refractivity contribution in [1.82, 2.24) is 0 Å². The topological polar surface area (TPSA) is 44.0 Å². The van der Waals surface area contributed by atoms with E-state index in [-0.39, 0.29) is 6.61 Å². The molecular formula is C13H17NOS. The van der Waals surface area contributed by atoms with Crippen molar-refractivity contribution in [3.8, 4) is 6.07 Å². The Hall–Kier alpha value is -0.980. The molecule has 1 atom stereocenters. The molecule has 0 saturated heterocycles. The lowest BCUT2D eigenvalue weighted by atomic mass is 10.1. The summed E-state index contributed by atoms with van der Waals surface area (Å²) < 4.78 is 0. The molecule has 0 aliphatic heterocycles. The number of benzene rings is 1. The quantitative estimate of drug-likeness (QED) is 0.815. The number of hydrogen-bond acceptors (Lipinski definition) is 3. The fourth-order valence-corrected chi connectivity index (χ4v) is 2.25. The SMILES string of the molecule is CC(C)C(C)Sc1ccc(CO)cc1C#N. The standard InChI is InChI=1S/C13H17NOS/c1-9(2)10(3)16-13-5-4-11(8-15)6-12(13)7-14/h4-6,9-10,15H,8H2,1-3H3. The first-order valence-electron chi connectivity index (χ1n) is 5.39. The van der Waals surface area contributed by atoms with Crippen LogP contribution in [0.15, 0.2) is 23.1 Å². The van der Waals surface area contributed by atoms with E-state index in [0.29, 0.717) is 16.7 Å². The van der Waals surface area contributed by atoms with Gasteiger partial charge in [0.2, 0.25) is 0 Å². The Morgan fingerprint density at radius 3 is 2.56 bits per heavy atom. The number of nitriles is 1. The molecule has 3 heteroatoms. The van der Waals surface area contributed by atoms with E-state index in [1.165, 1.54) is 0 Å². The van der Waals surface area contributed by atoms with Crippen LogP contribution in [0.1, 0.15) is 31.9 Å². The summed E-state index contributed by atoms with van der Waals surface area (Å²) in [5.74, 6) is 0.578. The molecule has 2 nitrogen and oxygen atoms in total. The van der Waals surface area contributed by atoms with Crippen molar-refractivity contribution >= 4 is 11.8 Å². The Balaban J connectivity index is 2.93. The summed E-state index contributed by atoms with van der Waals surface area (Å²) in [7, 11) is 0. The van der Waals surface area contributed by atoms with Gasteiger partial charge in [0, 0.05) is 10.1 Å². The number of thioether (sulfide) groups is 1. The second-order valence-electron chi connectivity index (χ2n) is 4.17. The molecule has 0 heterocycles. The lowest BCUT2D eigenvalue weighted by molar-refractivity contribution is 0.281. The monoisotopic (exact) mass is 235 g/mol. The first-order chi connectivity index (χ1) is 7.58. The van der Waals surface area contributed by atoms with E-state index in [2.05, 4.69) is 26.8 Å². The van der Waals surface area contributed by atoms with Crippen LogP contribution in [0.4, 0.5) is 0 Å². The Bertz CT molecular complexity index is 395. The van der Waals surface area contributed by atoms with Crippen LogP contribution < -0.4 is 0 Å². The smallest absolute Gasteiger partial charge is 0.100 e. The van der Waals surface area contributed by atoms with E-state index in [0.717, 1.165) is 10.5 Å². The van der Waals surface area contributed by atoms with E-state index >= 15 is 0 Å². The van der Waals surface area contributed by atoms with Gasteiger partial charge in [-0.3, -0.25) is 0 Å². The summed E-state index contributed by atoms with van der Waals surface area (Å²) in [6.07, 6.45) is 0. The van der Waals surface area contributed by atoms with Crippen LogP contribution >= 0.6 is 11.8 Å². The van der Waals surface area contributed by atoms with Crippen molar-refractivity contribution in [3.05, 3.63) is 29.3 Å². The zero-order chi connectivity index (χ0) is 12.1. The molecule has 0 amide bonds. The van der Waals surface area contributed by atoms with Crippen LogP contribution in [0.5, 0.6) is 0 Å². The van der Waals surface area contributed by atoms with E-state index in [4.69, 9.17) is 10.4 Å². The molecule has 0 spiro atoms. The Labute approximate surface area is 101 Å². The molecule has 1 aromatic rings. The third kappa shape index (κ3) is 3.26. The first kappa shape index (κ1) is 13.1. The molecule has 86 valence electrons. The summed E-state index contributed by atoms with van der Waals surface area (Å²) in [5, 5.41) is 18.5. The summed E-state index contributed by atoms with van der Waals surface area (Å²) in [5.41, 5.74) is 1.45. The fourth-order valence-electron chi connectivity index (χ4n) is 1.20. The molecule has 0 aliphatic rings. The number of aliphatic hydroxyl groups is 1. The molecule has 1 N–H and O–H groups in total. The number of hydrogen-bond donors (Lipinski definition) is 1. The Morgan fingerprint density at radius 2 is 2.06 bits per heavy atom. The number of aliphatic hydroxyl groups excluding tert-OH is 1. The van der Waals surface area contributed by atoms with Crippen molar-refractivity contribution in [2.75, 3.05) is 0 Å².